The Balaban J connectivity index is 1.80. The van der Waals surface area contributed by atoms with E-state index in [1.807, 2.05) is 30.5 Å². The zero-order valence-electron chi connectivity index (χ0n) is 20.0. The third kappa shape index (κ3) is 4.11. The molecule has 0 saturated heterocycles. The van der Waals surface area contributed by atoms with E-state index in [0.29, 0.717) is 0 Å². The van der Waals surface area contributed by atoms with E-state index in [9.17, 15) is 0 Å². The molecule has 5 rings (SSSR count). The first-order valence-electron chi connectivity index (χ1n) is 11.5. The van der Waals surface area contributed by atoms with Crippen molar-refractivity contribution in [2.75, 3.05) is 0 Å². The van der Waals surface area contributed by atoms with Crippen LogP contribution >= 0.6 is 0 Å². The van der Waals surface area contributed by atoms with Crippen LogP contribution in [0.15, 0.2) is 91.1 Å². The van der Waals surface area contributed by atoms with Gasteiger partial charge in [-0.1, -0.05) is 36.4 Å². The molecule has 0 aliphatic rings. The monoisotopic (exact) mass is 444 g/mol. The fourth-order valence-corrected chi connectivity index (χ4v) is 4.51. The molecule has 1 aromatic carbocycles. The van der Waals surface area contributed by atoms with E-state index >= 15 is 0 Å². The van der Waals surface area contributed by atoms with E-state index in [-0.39, 0.29) is 0 Å². The van der Waals surface area contributed by atoms with Crippen molar-refractivity contribution in [3.05, 3.63) is 131 Å². The second-order valence-corrected chi connectivity index (χ2v) is 8.65. The van der Waals surface area contributed by atoms with Gasteiger partial charge in [0.15, 0.2) is 0 Å². The van der Waals surface area contributed by atoms with Crippen LogP contribution in [-0.4, -0.2) is 19.1 Å². The fraction of sp³-hybridized carbons (Fsp3) is 0.133. The third-order valence-corrected chi connectivity index (χ3v) is 6.17. The molecule has 0 saturated carbocycles. The molecule has 0 radical (unpaired) electrons. The van der Waals surface area contributed by atoms with Crippen molar-refractivity contribution >= 4 is 11.6 Å². The highest BCUT2D eigenvalue weighted by molar-refractivity contribution is 5.91. The summed E-state index contributed by atoms with van der Waals surface area (Å²) in [5.41, 5.74) is 8.88. The molecule has 5 aromatic rings. The van der Waals surface area contributed by atoms with Crippen LogP contribution in [0.1, 0.15) is 39.6 Å². The fourth-order valence-electron chi connectivity index (χ4n) is 4.51. The third-order valence-electron chi connectivity index (χ3n) is 6.17. The number of rotatable bonds is 5. The number of nitrogens with zero attached hydrogens (tertiary/aromatic N) is 4. The van der Waals surface area contributed by atoms with E-state index in [4.69, 9.17) is 4.98 Å². The van der Waals surface area contributed by atoms with Crippen molar-refractivity contribution in [3.8, 4) is 11.6 Å². The number of hydrogen-bond donors (Lipinski definition) is 0. The van der Waals surface area contributed by atoms with Crippen LogP contribution in [0.25, 0.3) is 23.3 Å². The molecule has 0 aliphatic carbocycles. The standard InChI is InChI=1S/C30H28N4/c1-21-13-14-22(2)33(21)29-18-26(19-30(32-29)34-23(3)15-16-24(34)4)28(25-10-6-5-7-11-25)20-27-12-8-9-17-31-27/h5-20H,1-4H3/b28-20+. The average molecular weight is 445 g/mol. The van der Waals surface area contributed by atoms with Crippen LogP contribution in [0, 0.1) is 27.7 Å². The maximum absolute atomic E-state index is 5.13. The van der Waals surface area contributed by atoms with E-state index in [2.05, 4.69) is 109 Å². The summed E-state index contributed by atoms with van der Waals surface area (Å²) in [4.78, 5) is 9.70. The molecule has 4 aromatic heterocycles. The topological polar surface area (TPSA) is 35.6 Å². The van der Waals surface area contributed by atoms with E-state index < -0.39 is 0 Å². The molecule has 168 valence electrons. The molecule has 34 heavy (non-hydrogen) atoms. The minimum absolute atomic E-state index is 0.905. The second-order valence-electron chi connectivity index (χ2n) is 8.65. The van der Waals surface area contributed by atoms with Gasteiger partial charge in [0.1, 0.15) is 11.6 Å². The van der Waals surface area contributed by atoms with E-state index in [0.717, 1.165) is 56.8 Å². The summed E-state index contributed by atoms with van der Waals surface area (Å²) >= 11 is 0. The Labute approximate surface area is 200 Å². The van der Waals surface area contributed by atoms with Gasteiger partial charge in [0.05, 0.1) is 5.69 Å². The van der Waals surface area contributed by atoms with Crippen molar-refractivity contribution in [3.63, 3.8) is 0 Å². The van der Waals surface area contributed by atoms with Gasteiger partial charge in [-0.15, -0.1) is 0 Å². The molecule has 0 amide bonds. The lowest BCUT2D eigenvalue weighted by molar-refractivity contribution is 0.872. The summed E-state index contributed by atoms with van der Waals surface area (Å²) in [6.45, 7) is 8.48. The van der Waals surface area contributed by atoms with Crippen molar-refractivity contribution in [2.45, 2.75) is 27.7 Å². The van der Waals surface area contributed by atoms with Crippen molar-refractivity contribution < 1.29 is 0 Å². The molecule has 4 heteroatoms. The van der Waals surface area contributed by atoms with Gasteiger partial charge < -0.3 is 9.13 Å². The summed E-state index contributed by atoms with van der Waals surface area (Å²) in [5, 5.41) is 0. The Morgan fingerprint density at radius 3 is 1.65 bits per heavy atom. The number of aromatic nitrogens is 4. The summed E-state index contributed by atoms with van der Waals surface area (Å²) in [7, 11) is 0. The maximum atomic E-state index is 5.13. The molecule has 4 heterocycles. The van der Waals surface area contributed by atoms with Crippen LogP contribution in [0.3, 0.4) is 0 Å². The van der Waals surface area contributed by atoms with E-state index in [1.54, 1.807) is 0 Å². The smallest absolute Gasteiger partial charge is 0.140 e. The van der Waals surface area contributed by atoms with Gasteiger partial charge in [0, 0.05) is 29.0 Å². The average Bonchev–Trinajstić information content (AvgIpc) is 3.38. The van der Waals surface area contributed by atoms with Gasteiger partial charge >= 0.3 is 0 Å². The SMILES string of the molecule is Cc1ccc(C)n1-c1cc(/C(=C/c2ccccn2)c2ccccc2)cc(-n2c(C)ccc2C)n1. The maximum Gasteiger partial charge on any atom is 0.140 e. The van der Waals surface area contributed by atoms with Crippen LogP contribution in [0.4, 0.5) is 0 Å². The summed E-state index contributed by atoms with van der Waals surface area (Å²) in [5.74, 6) is 1.81. The highest BCUT2D eigenvalue weighted by Crippen LogP contribution is 2.30. The van der Waals surface area contributed by atoms with Crippen molar-refractivity contribution in [1.29, 1.82) is 0 Å². The Morgan fingerprint density at radius 1 is 0.618 bits per heavy atom. The summed E-state index contributed by atoms with van der Waals surface area (Å²) in [6, 6.07) is 29.4. The highest BCUT2D eigenvalue weighted by atomic mass is 15.1. The van der Waals surface area contributed by atoms with Gasteiger partial charge in [-0.25, -0.2) is 4.98 Å². The first-order valence-corrected chi connectivity index (χ1v) is 11.5. The number of benzene rings is 1. The van der Waals surface area contributed by atoms with Gasteiger partial charge in [-0.2, -0.15) is 0 Å². The summed E-state index contributed by atoms with van der Waals surface area (Å²) in [6.07, 6.45) is 3.99. The van der Waals surface area contributed by atoms with Crippen molar-refractivity contribution in [2.24, 2.45) is 0 Å². The van der Waals surface area contributed by atoms with Crippen LogP contribution < -0.4 is 0 Å². The predicted octanol–water partition coefficient (Wildman–Crippen LogP) is 6.88. The lowest BCUT2D eigenvalue weighted by Crippen LogP contribution is -2.09. The second kappa shape index (κ2) is 8.99. The molecule has 0 spiro atoms. The molecule has 0 N–H and O–H groups in total. The van der Waals surface area contributed by atoms with Gasteiger partial charge in [0.25, 0.3) is 0 Å². The Kier molecular flexibility index (Phi) is 5.72. The normalized spacial score (nSPS) is 11.7. The highest BCUT2D eigenvalue weighted by Gasteiger charge is 2.15. The van der Waals surface area contributed by atoms with Gasteiger partial charge in [-0.3, -0.25) is 4.98 Å². The van der Waals surface area contributed by atoms with Gasteiger partial charge in [0.2, 0.25) is 0 Å². The predicted molar refractivity (Wildman–Crippen MR) is 139 cm³/mol. The van der Waals surface area contributed by atoms with E-state index in [1.165, 1.54) is 0 Å². The van der Waals surface area contributed by atoms with Crippen LogP contribution in [0.2, 0.25) is 0 Å². The largest absolute Gasteiger partial charge is 0.303 e. The van der Waals surface area contributed by atoms with Crippen LogP contribution in [-0.2, 0) is 0 Å². The Hall–Kier alpha value is -4.18. The molecular formula is C30H28N4. The number of hydrogen-bond acceptors (Lipinski definition) is 2. The molecule has 4 nitrogen and oxygen atoms in total. The zero-order chi connectivity index (χ0) is 23.7. The van der Waals surface area contributed by atoms with Crippen LogP contribution in [0.5, 0.6) is 0 Å². The minimum atomic E-state index is 0.905. The quantitative estimate of drug-likeness (QED) is 0.296. The molecule has 0 unspecified atom stereocenters. The van der Waals surface area contributed by atoms with Gasteiger partial charge in [-0.05, 0) is 99.0 Å². The lowest BCUT2D eigenvalue weighted by atomic mass is 9.97. The molecule has 0 bridgehead atoms. The number of aryl methyl sites for hydroxylation is 4. The minimum Gasteiger partial charge on any atom is -0.303 e. The number of pyridine rings is 2. The Bertz CT molecular complexity index is 1370. The first kappa shape index (κ1) is 21.7. The summed E-state index contributed by atoms with van der Waals surface area (Å²) < 4.78 is 4.43. The zero-order valence-corrected chi connectivity index (χ0v) is 20.0. The Morgan fingerprint density at radius 2 is 1.15 bits per heavy atom. The van der Waals surface area contributed by atoms with Crippen molar-refractivity contribution in [1.82, 2.24) is 19.1 Å². The molecule has 0 fully saturated rings. The molecular weight excluding hydrogens is 416 g/mol. The molecule has 0 atom stereocenters. The molecule has 0 aliphatic heterocycles. The first-order chi connectivity index (χ1) is 16.5. The lowest BCUT2D eigenvalue weighted by Gasteiger charge is -2.17.